The van der Waals surface area contributed by atoms with Gasteiger partial charge in [0.05, 0.1) is 0 Å². The maximum atomic E-state index is 13.9. The second-order valence-corrected chi connectivity index (χ2v) is 22.1. The van der Waals surface area contributed by atoms with Gasteiger partial charge in [-0.1, -0.05) is 171 Å². The minimum atomic E-state index is 0.0140. The summed E-state index contributed by atoms with van der Waals surface area (Å²) in [7, 11) is 0. The van der Waals surface area contributed by atoms with Crippen molar-refractivity contribution < 1.29 is 9.53 Å². The van der Waals surface area contributed by atoms with Crippen molar-refractivity contribution in [2.45, 2.75) is 261 Å². The summed E-state index contributed by atoms with van der Waals surface area (Å²) in [6.07, 6.45) is 41.8. The number of carbonyl (C=O) groups is 1. The van der Waals surface area contributed by atoms with Gasteiger partial charge in [0.15, 0.2) is 0 Å². The average molecular weight is 768 g/mol. The highest BCUT2D eigenvalue weighted by molar-refractivity contribution is 5.67. The molecular formula is C52H97NO2. The fraction of sp³-hybridized carbons (Fsp3) is 0.981. The predicted octanol–water partition coefficient (Wildman–Crippen LogP) is 16.8. The number of carbonyl (C=O) groups excluding carboxylic acids is 1. The standard InChI is InChI=1S/C52H97NO2/c1-9-11-13-15-17-19-21-23-25-27-39-53(40-28-26-24-22-20-18-16-14-12-10-2)49(54)55-44-34-37-51(7)43(41-44)29-30-45-47-32-31-46(42(3)33-36-50(4,5)6)52(47,8)38-35-48(45)51/h42-48H,9-41H2,1-8H3/t42-,43?,44-,45?,46-,47?,48?,51+,52-/m1/s1. The third kappa shape index (κ3) is 14.2. The molecule has 4 aliphatic carbocycles. The Morgan fingerprint density at radius 3 is 1.65 bits per heavy atom. The Labute approximate surface area is 344 Å². The summed E-state index contributed by atoms with van der Waals surface area (Å²) < 4.78 is 6.53. The minimum absolute atomic E-state index is 0.0140. The van der Waals surface area contributed by atoms with E-state index in [9.17, 15) is 4.79 Å². The van der Waals surface area contributed by atoms with Gasteiger partial charge in [-0.3, -0.25) is 0 Å². The molecule has 3 nitrogen and oxygen atoms in total. The van der Waals surface area contributed by atoms with Crippen LogP contribution in [0.3, 0.4) is 0 Å². The van der Waals surface area contributed by atoms with E-state index in [-0.39, 0.29) is 12.2 Å². The molecule has 0 heterocycles. The number of rotatable bonds is 26. The fourth-order valence-electron chi connectivity index (χ4n) is 13.3. The molecule has 4 aliphatic rings. The largest absolute Gasteiger partial charge is 0.446 e. The summed E-state index contributed by atoms with van der Waals surface area (Å²) in [5.74, 6) is 5.25. The van der Waals surface area contributed by atoms with Gasteiger partial charge in [-0.25, -0.2) is 4.79 Å². The molecule has 0 aromatic rings. The Bertz CT molecular complexity index is 1020. The van der Waals surface area contributed by atoms with E-state index in [1.165, 1.54) is 173 Å². The molecule has 0 N–H and O–H groups in total. The number of hydrogen-bond acceptors (Lipinski definition) is 2. The van der Waals surface area contributed by atoms with Gasteiger partial charge in [0.1, 0.15) is 6.10 Å². The van der Waals surface area contributed by atoms with Crippen LogP contribution in [0.5, 0.6) is 0 Å². The van der Waals surface area contributed by atoms with Crippen LogP contribution in [-0.2, 0) is 4.74 Å². The van der Waals surface area contributed by atoms with Crippen molar-refractivity contribution in [3.05, 3.63) is 0 Å². The lowest BCUT2D eigenvalue weighted by Gasteiger charge is -2.61. The summed E-state index contributed by atoms with van der Waals surface area (Å²) >= 11 is 0. The van der Waals surface area contributed by atoms with Crippen LogP contribution >= 0.6 is 0 Å². The van der Waals surface area contributed by atoms with Crippen molar-refractivity contribution in [2.24, 2.45) is 51.8 Å². The molecule has 0 saturated heterocycles. The zero-order chi connectivity index (χ0) is 39.7. The van der Waals surface area contributed by atoms with Gasteiger partial charge in [-0.15, -0.1) is 0 Å². The monoisotopic (exact) mass is 768 g/mol. The molecule has 0 spiro atoms. The zero-order valence-electron chi connectivity index (χ0n) is 38.6. The fourth-order valence-corrected chi connectivity index (χ4v) is 13.3. The number of nitrogens with zero attached hydrogens (tertiary/aromatic N) is 1. The first-order valence-electron chi connectivity index (χ1n) is 25.4. The van der Waals surface area contributed by atoms with Crippen molar-refractivity contribution in [3.63, 3.8) is 0 Å². The molecule has 0 radical (unpaired) electrons. The molecule has 0 aliphatic heterocycles. The van der Waals surface area contributed by atoms with Crippen molar-refractivity contribution >= 4 is 6.09 Å². The Morgan fingerprint density at radius 1 is 0.636 bits per heavy atom. The molecule has 9 atom stereocenters. The lowest BCUT2D eigenvalue weighted by atomic mass is 9.44. The summed E-state index contributed by atoms with van der Waals surface area (Å²) in [5, 5.41) is 0. The summed E-state index contributed by atoms with van der Waals surface area (Å²) in [5.41, 5.74) is 1.44. The van der Waals surface area contributed by atoms with Gasteiger partial charge < -0.3 is 9.64 Å². The molecule has 3 heteroatoms. The number of fused-ring (bicyclic) bond motifs is 5. The maximum absolute atomic E-state index is 13.9. The van der Waals surface area contributed by atoms with Gasteiger partial charge in [0, 0.05) is 13.1 Å². The molecule has 4 rings (SSSR count). The Hall–Kier alpha value is -0.730. The quantitative estimate of drug-likeness (QED) is 0.0821. The highest BCUT2D eigenvalue weighted by Crippen LogP contribution is 2.68. The van der Waals surface area contributed by atoms with Gasteiger partial charge in [-0.2, -0.15) is 0 Å². The first kappa shape index (κ1) is 47.0. The van der Waals surface area contributed by atoms with Gasteiger partial charge in [-0.05, 0) is 135 Å². The smallest absolute Gasteiger partial charge is 0.410 e. The van der Waals surface area contributed by atoms with Crippen LogP contribution in [0.15, 0.2) is 0 Å². The van der Waals surface area contributed by atoms with Crippen LogP contribution < -0.4 is 0 Å². The van der Waals surface area contributed by atoms with Gasteiger partial charge >= 0.3 is 6.09 Å². The Morgan fingerprint density at radius 2 is 1.13 bits per heavy atom. The second kappa shape index (κ2) is 23.8. The van der Waals surface area contributed by atoms with E-state index >= 15 is 0 Å². The first-order valence-corrected chi connectivity index (χ1v) is 25.4. The average Bonchev–Trinajstić information content (AvgIpc) is 3.51. The summed E-state index contributed by atoms with van der Waals surface area (Å²) in [6.45, 7) is 21.7. The van der Waals surface area contributed by atoms with Gasteiger partial charge in [0.25, 0.3) is 0 Å². The molecule has 0 bridgehead atoms. The van der Waals surface area contributed by atoms with Crippen molar-refractivity contribution in [3.8, 4) is 0 Å². The Kier molecular flexibility index (Phi) is 20.3. The van der Waals surface area contributed by atoms with E-state index in [1.807, 2.05) is 0 Å². The van der Waals surface area contributed by atoms with Crippen LogP contribution in [0.2, 0.25) is 0 Å². The molecule has 1 amide bonds. The SMILES string of the molecule is CCCCCCCCCCCCN(CCCCCCCCCCCC)C(=O)O[C@@H]1CC[C@@]2(C)C(CCC3C2CC[C@@]2(C)C3CC[C@@H]2[C@H](C)CCC(C)(C)C)C1. The van der Waals surface area contributed by atoms with Crippen LogP contribution in [0.25, 0.3) is 0 Å². The first-order chi connectivity index (χ1) is 26.4. The zero-order valence-corrected chi connectivity index (χ0v) is 38.6. The minimum Gasteiger partial charge on any atom is -0.446 e. The molecular weight excluding hydrogens is 671 g/mol. The topological polar surface area (TPSA) is 29.5 Å². The van der Waals surface area contributed by atoms with Crippen molar-refractivity contribution in [1.29, 1.82) is 0 Å². The number of unbranched alkanes of at least 4 members (excludes halogenated alkanes) is 18. The molecule has 4 fully saturated rings. The summed E-state index contributed by atoms with van der Waals surface area (Å²) in [6, 6.07) is 0. The number of hydrogen-bond donors (Lipinski definition) is 0. The van der Waals surface area contributed by atoms with E-state index in [1.54, 1.807) is 0 Å². The number of amides is 1. The normalized spacial score (nSPS) is 31.1. The van der Waals surface area contributed by atoms with Crippen molar-refractivity contribution in [2.75, 3.05) is 13.1 Å². The van der Waals surface area contributed by atoms with E-state index in [4.69, 9.17) is 4.74 Å². The summed E-state index contributed by atoms with van der Waals surface area (Å²) in [4.78, 5) is 16.1. The molecule has 55 heavy (non-hydrogen) atoms. The van der Waals surface area contributed by atoms with E-state index in [0.717, 1.165) is 74.3 Å². The van der Waals surface area contributed by atoms with E-state index < -0.39 is 0 Å². The molecule has 0 aromatic carbocycles. The molecule has 4 saturated carbocycles. The second-order valence-electron chi connectivity index (χ2n) is 22.1. The lowest BCUT2D eigenvalue weighted by molar-refractivity contribution is -0.131. The predicted molar refractivity (Wildman–Crippen MR) is 239 cm³/mol. The molecule has 4 unspecified atom stereocenters. The van der Waals surface area contributed by atoms with Crippen LogP contribution in [0.4, 0.5) is 4.79 Å². The van der Waals surface area contributed by atoms with Crippen LogP contribution in [-0.4, -0.2) is 30.2 Å². The molecule has 322 valence electrons. The lowest BCUT2D eigenvalue weighted by Crippen LogP contribution is -2.54. The third-order valence-electron chi connectivity index (χ3n) is 16.8. The van der Waals surface area contributed by atoms with Crippen molar-refractivity contribution in [1.82, 2.24) is 4.90 Å². The highest BCUT2D eigenvalue weighted by Gasteiger charge is 2.60. The van der Waals surface area contributed by atoms with Gasteiger partial charge in [0.2, 0.25) is 0 Å². The highest BCUT2D eigenvalue weighted by atomic mass is 16.6. The molecule has 0 aromatic heterocycles. The van der Waals surface area contributed by atoms with E-state index in [2.05, 4.69) is 60.3 Å². The van der Waals surface area contributed by atoms with Crippen LogP contribution in [0, 0.1) is 51.8 Å². The number of ether oxygens (including phenoxy) is 1. The van der Waals surface area contributed by atoms with E-state index in [0.29, 0.717) is 16.2 Å². The maximum Gasteiger partial charge on any atom is 0.410 e. The Balaban J connectivity index is 1.24. The van der Waals surface area contributed by atoms with Crippen LogP contribution in [0.1, 0.15) is 254 Å². The third-order valence-corrected chi connectivity index (χ3v) is 16.8.